The van der Waals surface area contributed by atoms with Gasteiger partial charge in [-0.2, -0.15) is 4.98 Å². The molecule has 4 nitrogen and oxygen atoms in total. The first kappa shape index (κ1) is 13.2. The number of aromatic nitrogens is 2. The van der Waals surface area contributed by atoms with Gasteiger partial charge in [-0.05, 0) is 18.2 Å². The van der Waals surface area contributed by atoms with Crippen molar-refractivity contribution in [1.82, 2.24) is 10.1 Å². The second-order valence-electron chi connectivity index (χ2n) is 4.18. The molecule has 6 heteroatoms. The fourth-order valence-corrected chi connectivity index (χ4v) is 2.43. The molecule has 0 aliphatic rings. The lowest BCUT2D eigenvalue weighted by molar-refractivity contribution is 0.383. The first-order chi connectivity index (χ1) is 8.56. The number of thioether (sulfide) groups is 1. The molecule has 0 aliphatic heterocycles. The number of rotatable bonds is 4. The molecule has 0 aliphatic carbocycles. The van der Waals surface area contributed by atoms with Crippen LogP contribution in [-0.4, -0.2) is 10.1 Å². The third kappa shape index (κ3) is 3.17. The Morgan fingerprint density at radius 1 is 1.44 bits per heavy atom. The molecule has 2 rings (SSSR count). The zero-order valence-electron chi connectivity index (χ0n) is 10.2. The van der Waals surface area contributed by atoms with Crippen LogP contribution in [0.2, 0.25) is 5.02 Å². The number of hydrogen-bond donors (Lipinski definition) is 1. The van der Waals surface area contributed by atoms with Gasteiger partial charge in [-0.25, -0.2) is 0 Å². The van der Waals surface area contributed by atoms with Crippen molar-refractivity contribution >= 4 is 29.1 Å². The number of hydrogen-bond acceptors (Lipinski definition) is 5. The Hall–Kier alpha value is -1.20. The second kappa shape index (κ2) is 5.63. The lowest BCUT2D eigenvalue weighted by atomic mass is 10.2. The first-order valence-corrected chi connectivity index (χ1v) is 6.93. The summed E-state index contributed by atoms with van der Waals surface area (Å²) in [5, 5.41) is 4.59. The first-order valence-electron chi connectivity index (χ1n) is 5.56. The van der Waals surface area contributed by atoms with Gasteiger partial charge in [0.15, 0.2) is 5.82 Å². The summed E-state index contributed by atoms with van der Waals surface area (Å²) in [5.41, 5.74) is 6.41. The molecule has 2 N–H and O–H groups in total. The molecule has 0 radical (unpaired) electrons. The summed E-state index contributed by atoms with van der Waals surface area (Å²) in [4.78, 5) is 5.22. The Balaban J connectivity index is 2.04. The van der Waals surface area contributed by atoms with Crippen molar-refractivity contribution in [2.75, 3.05) is 5.73 Å². The minimum Gasteiger partial charge on any atom is -0.399 e. The number of anilines is 1. The van der Waals surface area contributed by atoms with Crippen molar-refractivity contribution in [3.63, 3.8) is 0 Å². The van der Waals surface area contributed by atoms with Crippen LogP contribution in [0, 0.1) is 0 Å². The standard InChI is InChI=1S/C12H14ClN3OS/c1-7(2)12-15-11(17-16-12)6-18-10-5-8(14)3-4-9(10)13/h3-5,7H,6,14H2,1-2H3. The van der Waals surface area contributed by atoms with Gasteiger partial charge in [0.2, 0.25) is 5.89 Å². The van der Waals surface area contributed by atoms with Crippen LogP contribution >= 0.6 is 23.4 Å². The van der Waals surface area contributed by atoms with E-state index in [9.17, 15) is 0 Å². The molecule has 96 valence electrons. The summed E-state index contributed by atoms with van der Waals surface area (Å²) in [6.45, 7) is 4.05. The SMILES string of the molecule is CC(C)c1noc(CSc2cc(N)ccc2Cl)n1. The molecule has 0 spiro atoms. The van der Waals surface area contributed by atoms with Crippen LogP contribution in [-0.2, 0) is 5.75 Å². The molecular weight excluding hydrogens is 270 g/mol. The van der Waals surface area contributed by atoms with Gasteiger partial charge in [-0.1, -0.05) is 30.6 Å². The van der Waals surface area contributed by atoms with E-state index in [0.29, 0.717) is 22.4 Å². The summed E-state index contributed by atoms with van der Waals surface area (Å²) in [5.74, 6) is 2.18. The van der Waals surface area contributed by atoms with Crippen LogP contribution in [0.25, 0.3) is 0 Å². The van der Waals surface area contributed by atoms with Crippen molar-refractivity contribution in [2.24, 2.45) is 0 Å². The molecule has 2 aromatic rings. The Labute approximate surface area is 115 Å². The van der Waals surface area contributed by atoms with Crippen molar-refractivity contribution in [2.45, 2.75) is 30.4 Å². The Bertz CT molecular complexity index is 542. The topological polar surface area (TPSA) is 64.9 Å². The van der Waals surface area contributed by atoms with Crippen LogP contribution in [0.5, 0.6) is 0 Å². The highest BCUT2D eigenvalue weighted by atomic mass is 35.5. The zero-order valence-corrected chi connectivity index (χ0v) is 11.8. The highest BCUT2D eigenvalue weighted by Gasteiger charge is 2.10. The summed E-state index contributed by atoms with van der Waals surface area (Å²) >= 11 is 7.61. The molecule has 0 amide bonds. The van der Waals surface area contributed by atoms with E-state index >= 15 is 0 Å². The highest BCUT2D eigenvalue weighted by Crippen LogP contribution is 2.31. The summed E-state index contributed by atoms with van der Waals surface area (Å²) < 4.78 is 5.16. The van der Waals surface area contributed by atoms with E-state index in [-0.39, 0.29) is 5.92 Å². The van der Waals surface area contributed by atoms with E-state index in [1.807, 2.05) is 19.9 Å². The summed E-state index contributed by atoms with van der Waals surface area (Å²) in [7, 11) is 0. The predicted octanol–water partition coefficient (Wildman–Crippen LogP) is 3.72. The van der Waals surface area contributed by atoms with E-state index in [2.05, 4.69) is 10.1 Å². The second-order valence-corrected chi connectivity index (χ2v) is 5.60. The Morgan fingerprint density at radius 2 is 2.22 bits per heavy atom. The normalized spacial score (nSPS) is 11.1. The van der Waals surface area contributed by atoms with Crippen molar-refractivity contribution < 1.29 is 4.52 Å². The lowest BCUT2D eigenvalue weighted by Gasteiger charge is -2.02. The molecule has 0 saturated carbocycles. The van der Waals surface area contributed by atoms with Crippen LogP contribution in [0.1, 0.15) is 31.5 Å². The lowest BCUT2D eigenvalue weighted by Crippen LogP contribution is -1.90. The Morgan fingerprint density at radius 3 is 2.89 bits per heavy atom. The molecule has 0 bridgehead atoms. The molecule has 0 fully saturated rings. The third-order valence-corrected chi connectivity index (χ3v) is 3.79. The van der Waals surface area contributed by atoms with E-state index in [1.54, 1.807) is 12.1 Å². The minimum absolute atomic E-state index is 0.267. The molecule has 0 unspecified atom stereocenters. The van der Waals surface area contributed by atoms with Gasteiger partial charge < -0.3 is 10.3 Å². The minimum atomic E-state index is 0.267. The molecule has 1 aromatic heterocycles. The van der Waals surface area contributed by atoms with E-state index < -0.39 is 0 Å². The largest absolute Gasteiger partial charge is 0.399 e. The quantitative estimate of drug-likeness (QED) is 0.684. The maximum absolute atomic E-state index is 6.08. The summed E-state index contributed by atoms with van der Waals surface area (Å²) in [6, 6.07) is 5.40. The molecule has 18 heavy (non-hydrogen) atoms. The van der Waals surface area contributed by atoms with Crippen LogP contribution in [0.15, 0.2) is 27.6 Å². The average molecular weight is 284 g/mol. The van der Waals surface area contributed by atoms with Gasteiger partial charge >= 0.3 is 0 Å². The number of halogens is 1. The van der Waals surface area contributed by atoms with Crippen molar-refractivity contribution in [3.8, 4) is 0 Å². The average Bonchev–Trinajstić information content (AvgIpc) is 2.79. The molecule has 1 aromatic carbocycles. The van der Waals surface area contributed by atoms with E-state index in [4.69, 9.17) is 21.9 Å². The number of nitrogens with two attached hydrogens (primary N) is 1. The van der Waals surface area contributed by atoms with Gasteiger partial charge in [0.1, 0.15) is 0 Å². The van der Waals surface area contributed by atoms with Crippen LogP contribution in [0.4, 0.5) is 5.69 Å². The monoisotopic (exact) mass is 283 g/mol. The van der Waals surface area contributed by atoms with Gasteiger partial charge in [0.25, 0.3) is 0 Å². The predicted molar refractivity (Wildman–Crippen MR) is 73.8 cm³/mol. The smallest absolute Gasteiger partial charge is 0.237 e. The Kier molecular flexibility index (Phi) is 4.14. The van der Waals surface area contributed by atoms with Gasteiger partial charge in [0.05, 0.1) is 10.8 Å². The van der Waals surface area contributed by atoms with Gasteiger partial charge in [0, 0.05) is 16.5 Å². The number of benzene rings is 1. The summed E-state index contributed by atoms with van der Waals surface area (Å²) in [6.07, 6.45) is 0. The van der Waals surface area contributed by atoms with Crippen LogP contribution < -0.4 is 5.73 Å². The fraction of sp³-hybridized carbons (Fsp3) is 0.333. The molecule has 0 saturated heterocycles. The maximum Gasteiger partial charge on any atom is 0.237 e. The maximum atomic E-state index is 6.08. The van der Waals surface area contributed by atoms with Gasteiger partial charge in [-0.15, -0.1) is 11.8 Å². The van der Waals surface area contributed by atoms with Crippen molar-refractivity contribution in [3.05, 3.63) is 34.9 Å². The number of nitrogen functional groups attached to an aromatic ring is 1. The highest BCUT2D eigenvalue weighted by molar-refractivity contribution is 7.98. The zero-order chi connectivity index (χ0) is 13.1. The molecule has 1 heterocycles. The van der Waals surface area contributed by atoms with E-state index in [0.717, 1.165) is 10.7 Å². The van der Waals surface area contributed by atoms with Crippen molar-refractivity contribution in [1.29, 1.82) is 0 Å². The van der Waals surface area contributed by atoms with Crippen LogP contribution in [0.3, 0.4) is 0 Å². The number of nitrogens with zero attached hydrogens (tertiary/aromatic N) is 2. The van der Waals surface area contributed by atoms with Gasteiger partial charge in [-0.3, -0.25) is 0 Å². The van der Waals surface area contributed by atoms with E-state index in [1.165, 1.54) is 11.8 Å². The third-order valence-electron chi connectivity index (χ3n) is 2.31. The molecular formula is C12H14ClN3OS. The molecule has 0 atom stereocenters. The fourth-order valence-electron chi connectivity index (χ4n) is 1.33.